The summed E-state index contributed by atoms with van der Waals surface area (Å²) in [6, 6.07) is 0.777. The van der Waals surface area contributed by atoms with E-state index >= 15 is 0 Å². The van der Waals surface area contributed by atoms with Gasteiger partial charge in [-0.15, -0.1) is 5.10 Å². The van der Waals surface area contributed by atoms with Gasteiger partial charge in [-0.2, -0.15) is 0 Å². The van der Waals surface area contributed by atoms with Crippen LogP contribution in [0.2, 0.25) is 0 Å². The molecule has 5 nitrogen and oxygen atoms in total. The molecule has 1 aliphatic rings. The van der Waals surface area contributed by atoms with Crippen molar-refractivity contribution >= 4 is 6.01 Å². The maximum Gasteiger partial charge on any atom is 0.315 e. The molecule has 5 heteroatoms. The maximum atomic E-state index is 5.65. The number of hydrogen-bond donors (Lipinski definition) is 2. The molecule has 1 atom stereocenters. The normalized spacial score (nSPS) is 27.7. The van der Waals surface area contributed by atoms with Gasteiger partial charge < -0.3 is 15.5 Å². The lowest BCUT2D eigenvalue weighted by Gasteiger charge is -2.25. The van der Waals surface area contributed by atoms with E-state index in [1.165, 1.54) is 25.7 Å². The number of nitrogens with two attached hydrogens (primary N) is 1. The van der Waals surface area contributed by atoms with Crippen LogP contribution in [0.5, 0.6) is 0 Å². The van der Waals surface area contributed by atoms with Crippen LogP contribution in [0.3, 0.4) is 0 Å². The summed E-state index contributed by atoms with van der Waals surface area (Å²) in [5, 5.41) is 11.1. The molecule has 1 unspecified atom stereocenters. The third-order valence-corrected chi connectivity index (χ3v) is 3.17. The van der Waals surface area contributed by atoms with E-state index in [0.717, 1.165) is 5.92 Å². The van der Waals surface area contributed by atoms with E-state index in [0.29, 0.717) is 17.9 Å². The first kappa shape index (κ1) is 11.4. The van der Waals surface area contributed by atoms with Crippen LogP contribution in [0.4, 0.5) is 6.01 Å². The predicted molar refractivity (Wildman–Crippen MR) is 61.9 cm³/mol. The van der Waals surface area contributed by atoms with Gasteiger partial charge in [0.25, 0.3) is 0 Å². The molecule has 0 aliphatic heterocycles. The molecule has 3 N–H and O–H groups in total. The molecule has 2 rings (SSSR count). The molecule has 1 aromatic heterocycles. The minimum Gasteiger partial charge on any atom is -0.406 e. The van der Waals surface area contributed by atoms with Crippen molar-refractivity contribution in [1.82, 2.24) is 10.2 Å². The van der Waals surface area contributed by atoms with E-state index in [1.807, 2.05) is 6.92 Å². The van der Waals surface area contributed by atoms with Crippen LogP contribution in [0.25, 0.3) is 0 Å². The van der Waals surface area contributed by atoms with Crippen LogP contribution in [-0.4, -0.2) is 16.2 Å². The summed E-state index contributed by atoms with van der Waals surface area (Å²) >= 11 is 0. The number of anilines is 1. The number of rotatable bonds is 3. The molecule has 0 spiro atoms. The number of nitrogens with zero attached hydrogens (tertiary/aromatic N) is 2. The third kappa shape index (κ3) is 2.72. The van der Waals surface area contributed by atoms with E-state index < -0.39 is 0 Å². The van der Waals surface area contributed by atoms with Crippen molar-refractivity contribution in [3.05, 3.63) is 5.89 Å². The number of nitrogens with one attached hydrogen (secondary N) is 1. The molecule has 0 radical (unpaired) electrons. The molecule has 90 valence electrons. The fraction of sp³-hybridized carbons (Fsp3) is 0.818. The van der Waals surface area contributed by atoms with Crippen molar-refractivity contribution in [2.45, 2.75) is 51.6 Å². The Bertz CT molecular complexity index is 328. The van der Waals surface area contributed by atoms with Crippen LogP contribution in [0.1, 0.15) is 51.5 Å². The summed E-state index contributed by atoms with van der Waals surface area (Å²) in [6.07, 6.45) is 4.89. The van der Waals surface area contributed by atoms with Gasteiger partial charge in [0.05, 0.1) is 6.04 Å². The quantitative estimate of drug-likeness (QED) is 0.822. The Morgan fingerprint density at radius 2 is 2.00 bits per heavy atom. The minimum atomic E-state index is -0.200. The molecular formula is C11H20N4O. The number of aromatic nitrogens is 2. The molecule has 1 aromatic rings. The second-order valence-electron chi connectivity index (χ2n) is 4.84. The average molecular weight is 224 g/mol. The number of hydrogen-bond acceptors (Lipinski definition) is 5. The van der Waals surface area contributed by atoms with Gasteiger partial charge in [-0.05, 0) is 38.5 Å². The lowest BCUT2D eigenvalue weighted by atomic mass is 9.87. The first-order chi connectivity index (χ1) is 7.65. The van der Waals surface area contributed by atoms with E-state index in [-0.39, 0.29) is 6.04 Å². The molecule has 16 heavy (non-hydrogen) atoms. The fourth-order valence-electron chi connectivity index (χ4n) is 2.06. The summed E-state index contributed by atoms with van der Waals surface area (Å²) in [6.45, 7) is 4.14. The van der Waals surface area contributed by atoms with Crippen LogP contribution in [0, 0.1) is 5.92 Å². The zero-order chi connectivity index (χ0) is 11.5. The predicted octanol–water partition coefficient (Wildman–Crippen LogP) is 2.08. The summed E-state index contributed by atoms with van der Waals surface area (Å²) in [5.41, 5.74) is 5.65. The van der Waals surface area contributed by atoms with Crippen LogP contribution >= 0.6 is 0 Å². The zero-order valence-corrected chi connectivity index (χ0v) is 9.94. The summed E-state index contributed by atoms with van der Waals surface area (Å²) < 4.78 is 5.42. The van der Waals surface area contributed by atoms with Crippen molar-refractivity contribution in [2.75, 3.05) is 5.32 Å². The van der Waals surface area contributed by atoms with Gasteiger partial charge >= 0.3 is 6.01 Å². The van der Waals surface area contributed by atoms with Gasteiger partial charge in [-0.1, -0.05) is 12.0 Å². The lowest BCUT2D eigenvalue weighted by molar-refractivity contribution is 0.354. The van der Waals surface area contributed by atoms with Gasteiger partial charge in [0.2, 0.25) is 5.89 Å². The molecule has 0 bridgehead atoms. The molecule has 1 fully saturated rings. The van der Waals surface area contributed by atoms with Crippen LogP contribution in [0.15, 0.2) is 4.42 Å². The zero-order valence-electron chi connectivity index (χ0n) is 9.94. The van der Waals surface area contributed by atoms with Crippen molar-refractivity contribution in [3.8, 4) is 0 Å². The Labute approximate surface area is 95.8 Å². The molecular weight excluding hydrogens is 204 g/mol. The third-order valence-electron chi connectivity index (χ3n) is 3.17. The van der Waals surface area contributed by atoms with Gasteiger partial charge in [0, 0.05) is 6.04 Å². The van der Waals surface area contributed by atoms with Crippen LogP contribution < -0.4 is 11.1 Å². The summed E-state index contributed by atoms with van der Waals surface area (Å²) in [7, 11) is 0. The van der Waals surface area contributed by atoms with Gasteiger partial charge in [0.1, 0.15) is 0 Å². The van der Waals surface area contributed by atoms with E-state index in [4.69, 9.17) is 10.2 Å². The Morgan fingerprint density at radius 3 is 2.56 bits per heavy atom. The molecule has 0 amide bonds. The molecule has 0 saturated heterocycles. The first-order valence-corrected chi connectivity index (χ1v) is 6.00. The monoisotopic (exact) mass is 224 g/mol. The Hall–Kier alpha value is -1.10. The van der Waals surface area contributed by atoms with E-state index in [9.17, 15) is 0 Å². The topological polar surface area (TPSA) is 77.0 Å². The molecule has 1 aliphatic carbocycles. The fourth-order valence-corrected chi connectivity index (χ4v) is 2.06. The smallest absolute Gasteiger partial charge is 0.315 e. The molecule has 1 saturated carbocycles. The van der Waals surface area contributed by atoms with Crippen LogP contribution in [-0.2, 0) is 0 Å². The highest BCUT2D eigenvalue weighted by molar-refractivity contribution is 5.20. The molecule has 1 heterocycles. The Kier molecular flexibility index (Phi) is 3.43. The van der Waals surface area contributed by atoms with Crippen molar-refractivity contribution in [3.63, 3.8) is 0 Å². The highest BCUT2D eigenvalue weighted by atomic mass is 16.4. The Balaban J connectivity index is 1.88. The highest BCUT2D eigenvalue weighted by Gasteiger charge is 2.20. The minimum absolute atomic E-state index is 0.200. The van der Waals surface area contributed by atoms with E-state index in [2.05, 4.69) is 22.4 Å². The van der Waals surface area contributed by atoms with E-state index in [1.54, 1.807) is 0 Å². The van der Waals surface area contributed by atoms with Crippen molar-refractivity contribution < 1.29 is 4.42 Å². The summed E-state index contributed by atoms with van der Waals surface area (Å²) in [5.74, 6) is 1.34. The Morgan fingerprint density at radius 1 is 1.31 bits per heavy atom. The lowest BCUT2D eigenvalue weighted by Crippen LogP contribution is -2.25. The van der Waals surface area contributed by atoms with Gasteiger partial charge in [0.15, 0.2) is 0 Å². The van der Waals surface area contributed by atoms with Gasteiger partial charge in [-0.3, -0.25) is 0 Å². The van der Waals surface area contributed by atoms with Gasteiger partial charge in [-0.25, -0.2) is 0 Å². The maximum absolute atomic E-state index is 5.65. The SMILES string of the molecule is CC1CCC(Nc2nnc(C(C)N)o2)CC1. The second kappa shape index (κ2) is 4.82. The largest absolute Gasteiger partial charge is 0.406 e. The molecule has 0 aromatic carbocycles. The highest BCUT2D eigenvalue weighted by Crippen LogP contribution is 2.25. The second-order valence-corrected chi connectivity index (χ2v) is 4.84. The van der Waals surface area contributed by atoms with Crippen molar-refractivity contribution in [1.29, 1.82) is 0 Å². The van der Waals surface area contributed by atoms with Crippen molar-refractivity contribution in [2.24, 2.45) is 11.7 Å². The standard InChI is InChI=1S/C11H20N4O/c1-7-3-5-9(6-4-7)13-11-15-14-10(16-11)8(2)12/h7-9H,3-6,12H2,1-2H3,(H,13,15). The average Bonchev–Trinajstić information content (AvgIpc) is 2.70. The first-order valence-electron chi connectivity index (χ1n) is 6.00. The summed E-state index contributed by atoms with van der Waals surface area (Å²) in [4.78, 5) is 0.